The predicted molar refractivity (Wildman–Crippen MR) is 64.8 cm³/mol. The Morgan fingerprint density at radius 2 is 1.95 bits per heavy atom. The highest BCUT2D eigenvalue weighted by Crippen LogP contribution is 2.33. The smallest absolute Gasteiger partial charge is 0.323 e. The summed E-state index contributed by atoms with van der Waals surface area (Å²) in [7, 11) is 0. The van der Waals surface area contributed by atoms with Gasteiger partial charge in [-0.15, -0.1) is 0 Å². The molecule has 0 atom stereocenters. The van der Waals surface area contributed by atoms with Crippen LogP contribution in [0.15, 0.2) is 16.8 Å². The van der Waals surface area contributed by atoms with Gasteiger partial charge in [0.2, 0.25) is 5.52 Å². The standard InChI is InChI=1S/C10H12N4O5/c15-5-3-13(4-6-16)8-2-1-7-9(12-19-11-7)10(8)14(17)18/h1-2,15-16H,3-6H2. The van der Waals surface area contributed by atoms with Gasteiger partial charge in [-0.2, -0.15) is 0 Å². The van der Waals surface area contributed by atoms with Crippen molar-refractivity contribution in [1.82, 2.24) is 10.3 Å². The lowest BCUT2D eigenvalue weighted by molar-refractivity contribution is -0.382. The molecule has 0 spiro atoms. The number of fused-ring (bicyclic) bond motifs is 1. The van der Waals surface area contributed by atoms with Crippen LogP contribution < -0.4 is 4.90 Å². The number of nitro groups is 1. The monoisotopic (exact) mass is 268 g/mol. The van der Waals surface area contributed by atoms with Gasteiger partial charge in [0, 0.05) is 13.1 Å². The van der Waals surface area contributed by atoms with E-state index in [1.807, 2.05) is 0 Å². The first-order chi connectivity index (χ1) is 9.19. The molecule has 0 aliphatic carbocycles. The van der Waals surface area contributed by atoms with E-state index >= 15 is 0 Å². The van der Waals surface area contributed by atoms with Crippen LogP contribution in [0.25, 0.3) is 11.0 Å². The topological polar surface area (TPSA) is 126 Å². The molecule has 0 radical (unpaired) electrons. The Morgan fingerprint density at radius 1 is 1.26 bits per heavy atom. The zero-order chi connectivity index (χ0) is 13.8. The third kappa shape index (κ3) is 2.46. The fourth-order valence-corrected chi connectivity index (χ4v) is 1.86. The molecule has 0 aliphatic rings. The van der Waals surface area contributed by atoms with E-state index in [1.54, 1.807) is 0 Å². The SMILES string of the molecule is O=[N+]([O-])c1c(N(CCO)CCO)ccc2nonc12. The zero-order valence-corrected chi connectivity index (χ0v) is 9.89. The highest BCUT2D eigenvalue weighted by Gasteiger charge is 2.25. The van der Waals surface area contributed by atoms with Gasteiger partial charge in [0.15, 0.2) is 0 Å². The van der Waals surface area contributed by atoms with E-state index in [1.165, 1.54) is 17.0 Å². The number of nitro benzene ring substituents is 1. The predicted octanol–water partition coefficient (Wildman–Crippen LogP) is -0.0780. The molecule has 0 fully saturated rings. The van der Waals surface area contributed by atoms with E-state index in [0.29, 0.717) is 0 Å². The van der Waals surface area contributed by atoms with Gasteiger partial charge in [0.05, 0.1) is 18.1 Å². The summed E-state index contributed by atoms with van der Waals surface area (Å²) < 4.78 is 4.49. The van der Waals surface area contributed by atoms with Crippen LogP contribution in [0.1, 0.15) is 0 Å². The van der Waals surface area contributed by atoms with Crippen molar-refractivity contribution >= 4 is 22.4 Å². The largest absolute Gasteiger partial charge is 0.395 e. The maximum atomic E-state index is 11.2. The molecule has 0 saturated heterocycles. The van der Waals surface area contributed by atoms with Crippen LogP contribution in [-0.2, 0) is 0 Å². The quantitative estimate of drug-likeness (QED) is 0.550. The second kappa shape index (κ2) is 5.59. The molecule has 2 aromatic rings. The Balaban J connectivity index is 2.56. The summed E-state index contributed by atoms with van der Waals surface area (Å²) in [6, 6.07) is 3.03. The Labute approximate surface area is 107 Å². The fraction of sp³-hybridized carbons (Fsp3) is 0.400. The van der Waals surface area contributed by atoms with E-state index in [4.69, 9.17) is 10.2 Å². The average molecular weight is 268 g/mol. The lowest BCUT2D eigenvalue weighted by atomic mass is 10.2. The van der Waals surface area contributed by atoms with Crippen molar-refractivity contribution < 1.29 is 19.8 Å². The van der Waals surface area contributed by atoms with Crippen molar-refractivity contribution in [2.24, 2.45) is 0 Å². The van der Waals surface area contributed by atoms with E-state index in [9.17, 15) is 10.1 Å². The van der Waals surface area contributed by atoms with E-state index in [2.05, 4.69) is 14.9 Å². The van der Waals surface area contributed by atoms with E-state index in [0.717, 1.165) is 0 Å². The fourth-order valence-electron chi connectivity index (χ4n) is 1.86. The van der Waals surface area contributed by atoms with Crippen molar-refractivity contribution in [3.8, 4) is 0 Å². The molecule has 9 nitrogen and oxygen atoms in total. The summed E-state index contributed by atoms with van der Waals surface area (Å²) in [4.78, 5) is 12.1. The highest BCUT2D eigenvalue weighted by atomic mass is 16.6. The van der Waals surface area contributed by atoms with Crippen molar-refractivity contribution in [2.75, 3.05) is 31.2 Å². The van der Waals surface area contributed by atoms with Crippen molar-refractivity contribution in [3.63, 3.8) is 0 Å². The molecule has 1 aromatic carbocycles. The van der Waals surface area contributed by atoms with Crippen LogP contribution in [0.4, 0.5) is 11.4 Å². The molecule has 0 amide bonds. The second-order valence-corrected chi connectivity index (χ2v) is 3.76. The molecule has 2 rings (SSSR count). The summed E-state index contributed by atoms with van der Waals surface area (Å²) in [5.74, 6) is 0. The number of aliphatic hydroxyl groups excluding tert-OH is 2. The van der Waals surface area contributed by atoms with Crippen LogP contribution >= 0.6 is 0 Å². The molecule has 2 N–H and O–H groups in total. The summed E-state index contributed by atoms with van der Waals surface area (Å²) in [5.41, 5.74) is 0.337. The maximum absolute atomic E-state index is 11.2. The van der Waals surface area contributed by atoms with Crippen LogP contribution in [0, 0.1) is 10.1 Å². The normalized spacial score (nSPS) is 10.8. The van der Waals surface area contributed by atoms with Gasteiger partial charge in [-0.05, 0) is 22.4 Å². The first kappa shape index (κ1) is 13.2. The Hall–Kier alpha value is -2.26. The lowest BCUT2D eigenvalue weighted by Crippen LogP contribution is -2.30. The number of hydrogen-bond acceptors (Lipinski definition) is 8. The molecular formula is C10H12N4O5. The molecule has 0 saturated carbocycles. The minimum atomic E-state index is -0.580. The van der Waals surface area contributed by atoms with Gasteiger partial charge in [-0.1, -0.05) is 0 Å². The number of rotatable bonds is 6. The van der Waals surface area contributed by atoms with Crippen molar-refractivity contribution in [3.05, 3.63) is 22.2 Å². The Bertz CT molecular complexity index is 578. The van der Waals surface area contributed by atoms with Crippen LogP contribution in [0.3, 0.4) is 0 Å². The molecule has 9 heteroatoms. The number of aliphatic hydroxyl groups is 2. The molecule has 102 valence electrons. The molecule has 1 aromatic heterocycles. The minimum Gasteiger partial charge on any atom is -0.395 e. The number of anilines is 1. The highest BCUT2D eigenvalue weighted by molar-refractivity contribution is 5.91. The zero-order valence-electron chi connectivity index (χ0n) is 9.89. The second-order valence-electron chi connectivity index (χ2n) is 3.76. The summed E-state index contributed by atoms with van der Waals surface area (Å²) in [6.07, 6.45) is 0. The molecule has 19 heavy (non-hydrogen) atoms. The Kier molecular flexibility index (Phi) is 3.88. The van der Waals surface area contributed by atoms with Gasteiger partial charge >= 0.3 is 5.69 Å². The first-order valence-electron chi connectivity index (χ1n) is 5.55. The van der Waals surface area contributed by atoms with Gasteiger partial charge in [0.25, 0.3) is 0 Å². The molecule has 1 heterocycles. The van der Waals surface area contributed by atoms with Crippen molar-refractivity contribution in [1.29, 1.82) is 0 Å². The van der Waals surface area contributed by atoms with Gasteiger partial charge in [-0.25, -0.2) is 4.63 Å². The first-order valence-corrected chi connectivity index (χ1v) is 5.55. The Morgan fingerprint density at radius 3 is 2.53 bits per heavy atom. The number of nitrogens with zero attached hydrogens (tertiary/aromatic N) is 4. The van der Waals surface area contributed by atoms with Crippen molar-refractivity contribution in [2.45, 2.75) is 0 Å². The lowest BCUT2D eigenvalue weighted by Gasteiger charge is -2.22. The summed E-state index contributed by atoms with van der Waals surface area (Å²) in [5, 5.41) is 36.2. The number of hydrogen-bond donors (Lipinski definition) is 2. The van der Waals surface area contributed by atoms with Crippen LogP contribution in [-0.4, -0.2) is 51.8 Å². The third-order valence-electron chi connectivity index (χ3n) is 2.64. The maximum Gasteiger partial charge on any atom is 0.323 e. The molecule has 0 unspecified atom stereocenters. The van der Waals surface area contributed by atoms with E-state index in [-0.39, 0.29) is 48.7 Å². The third-order valence-corrected chi connectivity index (χ3v) is 2.64. The summed E-state index contributed by atoms with van der Waals surface area (Å²) >= 11 is 0. The molecular weight excluding hydrogens is 256 g/mol. The number of aromatic nitrogens is 2. The number of benzene rings is 1. The molecule has 0 bridgehead atoms. The van der Waals surface area contributed by atoms with Gasteiger partial charge < -0.3 is 15.1 Å². The van der Waals surface area contributed by atoms with Crippen LogP contribution in [0.2, 0.25) is 0 Å². The van der Waals surface area contributed by atoms with Gasteiger partial charge in [0.1, 0.15) is 11.2 Å². The average Bonchev–Trinajstić information content (AvgIpc) is 2.85. The van der Waals surface area contributed by atoms with Crippen LogP contribution in [0.5, 0.6) is 0 Å². The summed E-state index contributed by atoms with van der Waals surface area (Å²) in [6.45, 7) is -0.0467. The molecule has 0 aliphatic heterocycles. The van der Waals surface area contributed by atoms with E-state index < -0.39 is 4.92 Å². The minimum absolute atomic E-state index is 0.0448. The van der Waals surface area contributed by atoms with Gasteiger partial charge in [-0.3, -0.25) is 10.1 Å².